The van der Waals surface area contributed by atoms with E-state index in [9.17, 15) is 4.79 Å². The van der Waals surface area contributed by atoms with Gasteiger partial charge in [-0.2, -0.15) is 0 Å². The monoisotopic (exact) mass is 258 g/mol. The molecule has 2 aromatic rings. The first-order chi connectivity index (χ1) is 9.15. The van der Waals surface area contributed by atoms with Crippen molar-refractivity contribution < 1.29 is 4.79 Å². The van der Waals surface area contributed by atoms with E-state index in [2.05, 4.69) is 17.1 Å². The highest BCUT2D eigenvalue weighted by Crippen LogP contribution is 2.18. The van der Waals surface area contributed by atoms with Crippen molar-refractivity contribution in [3.05, 3.63) is 29.7 Å². The number of carbonyl (C=O) groups excluding carboxylic acids is 1. The number of fused-ring (bicyclic) bond motifs is 1. The lowest BCUT2D eigenvalue weighted by molar-refractivity contribution is 0.0683. The predicted octanol–water partition coefficient (Wildman–Crippen LogP) is 1.91. The molecule has 0 spiro atoms. The number of likely N-dealkylation sites (tertiary alicyclic amines) is 1. The highest BCUT2D eigenvalue weighted by atomic mass is 16.2. The van der Waals surface area contributed by atoms with Gasteiger partial charge >= 0.3 is 0 Å². The van der Waals surface area contributed by atoms with Gasteiger partial charge < -0.3 is 4.90 Å². The lowest BCUT2D eigenvalue weighted by Crippen LogP contribution is -2.39. The molecule has 0 N–H and O–H groups in total. The van der Waals surface area contributed by atoms with E-state index in [1.54, 1.807) is 0 Å². The second-order valence-corrected chi connectivity index (χ2v) is 5.39. The third-order valence-electron chi connectivity index (χ3n) is 3.77. The fourth-order valence-electron chi connectivity index (χ4n) is 2.70. The molecule has 5 nitrogen and oxygen atoms in total. The second-order valence-electron chi connectivity index (χ2n) is 5.39. The molecular formula is C14H18N4O. The van der Waals surface area contributed by atoms with Gasteiger partial charge in [-0.1, -0.05) is 6.92 Å². The van der Waals surface area contributed by atoms with Crippen molar-refractivity contribution >= 4 is 11.6 Å². The van der Waals surface area contributed by atoms with E-state index in [1.807, 2.05) is 34.6 Å². The lowest BCUT2D eigenvalue weighted by Gasteiger charge is -2.31. The molecule has 1 amide bonds. The smallest absolute Gasteiger partial charge is 0.254 e. The Kier molecular flexibility index (Phi) is 2.97. The first kappa shape index (κ1) is 12.1. The summed E-state index contributed by atoms with van der Waals surface area (Å²) in [6.45, 7) is 5.81. The third kappa shape index (κ3) is 2.20. The molecule has 1 aliphatic heterocycles. The van der Waals surface area contributed by atoms with Crippen LogP contribution in [0.15, 0.2) is 18.3 Å². The first-order valence-electron chi connectivity index (χ1n) is 6.76. The second kappa shape index (κ2) is 4.64. The summed E-state index contributed by atoms with van der Waals surface area (Å²) in [6, 6.07) is 3.67. The van der Waals surface area contributed by atoms with Gasteiger partial charge in [-0.15, -0.1) is 10.2 Å². The molecular weight excluding hydrogens is 240 g/mol. The number of hydrogen-bond acceptors (Lipinski definition) is 3. The molecule has 5 heteroatoms. The quantitative estimate of drug-likeness (QED) is 0.785. The Balaban J connectivity index is 1.88. The molecule has 0 saturated carbocycles. The molecule has 0 aliphatic carbocycles. The summed E-state index contributed by atoms with van der Waals surface area (Å²) in [6.07, 6.45) is 4.18. The van der Waals surface area contributed by atoms with Crippen LogP contribution >= 0.6 is 0 Å². The molecule has 100 valence electrons. The molecule has 0 bridgehead atoms. The molecule has 3 heterocycles. The summed E-state index contributed by atoms with van der Waals surface area (Å²) in [4.78, 5) is 14.4. The number of piperidine rings is 1. The molecule has 1 fully saturated rings. The van der Waals surface area contributed by atoms with Crippen molar-refractivity contribution in [3.8, 4) is 0 Å². The zero-order valence-corrected chi connectivity index (χ0v) is 11.3. The Morgan fingerprint density at radius 2 is 2.26 bits per heavy atom. The lowest BCUT2D eigenvalue weighted by atomic mass is 9.99. The van der Waals surface area contributed by atoms with Crippen LogP contribution in [0.2, 0.25) is 0 Å². The molecule has 0 aromatic carbocycles. The zero-order valence-electron chi connectivity index (χ0n) is 11.3. The maximum Gasteiger partial charge on any atom is 0.254 e. The fourth-order valence-corrected chi connectivity index (χ4v) is 2.70. The van der Waals surface area contributed by atoms with Crippen LogP contribution < -0.4 is 0 Å². The first-order valence-corrected chi connectivity index (χ1v) is 6.76. The number of nitrogens with zero attached hydrogens (tertiary/aromatic N) is 4. The molecule has 2 aromatic heterocycles. The third-order valence-corrected chi connectivity index (χ3v) is 3.77. The number of carbonyl (C=O) groups is 1. The molecule has 1 saturated heterocycles. The summed E-state index contributed by atoms with van der Waals surface area (Å²) >= 11 is 0. The van der Waals surface area contributed by atoms with Crippen LogP contribution in [-0.4, -0.2) is 38.5 Å². The van der Waals surface area contributed by atoms with Crippen LogP contribution in [0.4, 0.5) is 0 Å². The molecule has 1 aliphatic rings. The summed E-state index contributed by atoms with van der Waals surface area (Å²) in [5.74, 6) is 1.53. The number of aryl methyl sites for hydroxylation is 1. The van der Waals surface area contributed by atoms with Crippen molar-refractivity contribution in [2.24, 2.45) is 5.92 Å². The molecule has 3 rings (SSSR count). The van der Waals surface area contributed by atoms with Gasteiger partial charge in [-0.05, 0) is 37.8 Å². The van der Waals surface area contributed by atoms with Gasteiger partial charge in [0.2, 0.25) is 0 Å². The number of hydrogen-bond donors (Lipinski definition) is 0. The van der Waals surface area contributed by atoms with Crippen LogP contribution in [-0.2, 0) is 0 Å². The number of amides is 1. The van der Waals surface area contributed by atoms with Crippen LogP contribution in [0.5, 0.6) is 0 Å². The summed E-state index contributed by atoms with van der Waals surface area (Å²) in [5.41, 5.74) is 1.43. The van der Waals surface area contributed by atoms with E-state index in [-0.39, 0.29) is 5.91 Å². The Hall–Kier alpha value is -1.91. The number of pyridine rings is 1. The maximum absolute atomic E-state index is 12.5. The average molecular weight is 258 g/mol. The topological polar surface area (TPSA) is 50.5 Å². The molecule has 1 atom stereocenters. The Morgan fingerprint density at radius 3 is 3.05 bits per heavy atom. The van der Waals surface area contributed by atoms with Crippen LogP contribution in [0, 0.1) is 12.8 Å². The summed E-state index contributed by atoms with van der Waals surface area (Å²) < 4.78 is 1.88. The van der Waals surface area contributed by atoms with Crippen molar-refractivity contribution in [2.45, 2.75) is 26.7 Å². The van der Waals surface area contributed by atoms with E-state index in [0.717, 1.165) is 31.0 Å². The van der Waals surface area contributed by atoms with Gasteiger partial charge in [0.25, 0.3) is 5.91 Å². The summed E-state index contributed by atoms with van der Waals surface area (Å²) in [5, 5.41) is 8.07. The Labute approximate surface area is 112 Å². The van der Waals surface area contributed by atoms with Crippen LogP contribution in [0.1, 0.15) is 35.9 Å². The van der Waals surface area contributed by atoms with Crippen molar-refractivity contribution in [1.29, 1.82) is 0 Å². The SMILES string of the molecule is Cc1nnc2cc(C(=O)N3CCCC(C)C3)ccn12. The fraction of sp³-hybridized carbons (Fsp3) is 0.500. The van der Waals surface area contributed by atoms with E-state index in [4.69, 9.17) is 0 Å². The van der Waals surface area contributed by atoms with Gasteiger partial charge in [0.05, 0.1) is 0 Å². The molecule has 1 unspecified atom stereocenters. The van der Waals surface area contributed by atoms with Gasteiger partial charge in [-0.25, -0.2) is 0 Å². The molecule has 0 radical (unpaired) electrons. The van der Waals surface area contributed by atoms with E-state index in [1.165, 1.54) is 6.42 Å². The van der Waals surface area contributed by atoms with E-state index in [0.29, 0.717) is 11.5 Å². The minimum Gasteiger partial charge on any atom is -0.338 e. The van der Waals surface area contributed by atoms with Gasteiger partial charge in [0.1, 0.15) is 5.82 Å². The predicted molar refractivity (Wildman–Crippen MR) is 72.0 cm³/mol. The van der Waals surface area contributed by atoms with Gasteiger partial charge in [0.15, 0.2) is 5.65 Å². The number of aromatic nitrogens is 3. The highest BCUT2D eigenvalue weighted by molar-refractivity contribution is 5.95. The van der Waals surface area contributed by atoms with Crippen LogP contribution in [0.25, 0.3) is 5.65 Å². The van der Waals surface area contributed by atoms with Crippen molar-refractivity contribution in [2.75, 3.05) is 13.1 Å². The van der Waals surface area contributed by atoms with Gasteiger partial charge in [-0.3, -0.25) is 9.20 Å². The van der Waals surface area contributed by atoms with Crippen molar-refractivity contribution in [1.82, 2.24) is 19.5 Å². The Morgan fingerprint density at radius 1 is 1.42 bits per heavy atom. The van der Waals surface area contributed by atoms with E-state index >= 15 is 0 Å². The average Bonchev–Trinajstić information content (AvgIpc) is 2.79. The van der Waals surface area contributed by atoms with Crippen LogP contribution in [0.3, 0.4) is 0 Å². The maximum atomic E-state index is 12.5. The number of rotatable bonds is 1. The van der Waals surface area contributed by atoms with Crippen molar-refractivity contribution in [3.63, 3.8) is 0 Å². The summed E-state index contributed by atoms with van der Waals surface area (Å²) in [7, 11) is 0. The largest absolute Gasteiger partial charge is 0.338 e. The standard InChI is InChI=1S/C14H18N4O/c1-10-4-3-6-17(9-10)14(19)12-5-7-18-11(2)15-16-13(18)8-12/h5,7-8,10H,3-4,6,9H2,1-2H3. The minimum absolute atomic E-state index is 0.106. The normalized spacial score (nSPS) is 19.9. The van der Waals surface area contributed by atoms with E-state index < -0.39 is 0 Å². The molecule has 19 heavy (non-hydrogen) atoms. The van der Waals surface area contributed by atoms with Gasteiger partial charge in [0, 0.05) is 24.8 Å². The zero-order chi connectivity index (χ0) is 13.4. The highest BCUT2D eigenvalue weighted by Gasteiger charge is 2.22. The Bertz CT molecular complexity index is 619. The minimum atomic E-state index is 0.106.